The molecule has 8 heteroatoms. The molecule has 0 fully saturated rings. The Morgan fingerprint density at radius 2 is 2.12 bits per heavy atom. The van der Waals surface area contributed by atoms with E-state index >= 15 is 0 Å². The molecule has 1 aromatic carbocycles. The molecule has 2 unspecified atom stereocenters. The molecule has 0 saturated heterocycles. The number of rotatable bonds is 7. The number of hydrogen-bond donors (Lipinski definition) is 1. The van der Waals surface area contributed by atoms with Crippen LogP contribution in [0.3, 0.4) is 0 Å². The summed E-state index contributed by atoms with van der Waals surface area (Å²) in [4.78, 5) is 24.3. The van der Waals surface area contributed by atoms with Crippen LogP contribution in [0, 0.1) is 18.7 Å². The van der Waals surface area contributed by atoms with Gasteiger partial charge < -0.3 is 14.6 Å². The lowest BCUT2D eigenvalue weighted by Gasteiger charge is -2.27. The van der Waals surface area contributed by atoms with Crippen LogP contribution < -0.4 is 9.47 Å². The second-order valence-corrected chi connectivity index (χ2v) is 8.19. The van der Waals surface area contributed by atoms with Crippen molar-refractivity contribution in [1.29, 1.82) is 0 Å². The molecule has 2 atom stereocenters. The van der Waals surface area contributed by atoms with E-state index in [2.05, 4.69) is 15.0 Å². The fraction of sp³-hybridized carbons (Fsp3) is 0.360. The lowest BCUT2D eigenvalue weighted by atomic mass is 9.95. The van der Waals surface area contributed by atoms with Gasteiger partial charge in [-0.15, -0.1) is 0 Å². The molecule has 0 aliphatic carbocycles. The van der Waals surface area contributed by atoms with Crippen LogP contribution in [-0.2, 0) is 17.6 Å². The number of pyridine rings is 1. The zero-order valence-corrected chi connectivity index (χ0v) is 18.8. The van der Waals surface area contributed by atoms with Gasteiger partial charge in [0.05, 0.1) is 36.3 Å². The molecule has 0 radical (unpaired) electrons. The molecule has 1 aliphatic rings. The second kappa shape index (κ2) is 9.52. The fourth-order valence-corrected chi connectivity index (χ4v) is 3.95. The Hall–Kier alpha value is -3.55. The third-order valence-corrected chi connectivity index (χ3v) is 5.73. The molecule has 33 heavy (non-hydrogen) atoms. The van der Waals surface area contributed by atoms with Gasteiger partial charge in [-0.1, -0.05) is 19.1 Å². The molecule has 0 saturated carbocycles. The van der Waals surface area contributed by atoms with Crippen LogP contribution in [-0.4, -0.2) is 32.6 Å². The minimum atomic E-state index is -0.823. The predicted octanol–water partition coefficient (Wildman–Crippen LogP) is 4.71. The Labute approximate surface area is 191 Å². The molecule has 172 valence electrons. The zero-order chi connectivity index (χ0) is 23.5. The summed E-state index contributed by atoms with van der Waals surface area (Å²) < 4.78 is 26.0. The molecule has 1 N–H and O–H groups in total. The van der Waals surface area contributed by atoms with Gasteiger partial charge in [-0.05, 0) is 50.3 Å². The summed E-state index contributed by atoms with van der Waals surface area (Å²) in [5.74, 6) is -0.715. The third-order valence-electron chi connectivity index (χ3n) is 5.73. The number of aliphatic carboxylic acids is 1. The Morgan fingerprint density at radius 3 is 2.85 bits per heavy atom. The average Bonchev–Trinajstić information content (AvgIpc) is 2.80. The average molecular weight is 451 g/mol. The number of carboxylic acids is 1. The number of fused-ring (bicyclic) bond motifs is 1. The number of aryl methyl sites for hydroxylation is 2. The monoisotopic (exact) mass is 451 g/mol. The third kappa shape index (κ3) is 4.94. The highest BCUT2D eigenvalue weighted by Gasteiger charge is 2.26. The molecule has 1 aliphatic heterocycles. The van der Waals surface area contributed by atoms with Crippen molar-refractivity contribution in [2.75, 3.05) is 6.61 Å². The maximum Gasteiger partial charge on any atom is 0.306 e. The highest BCUT2D eigenvalue weighted by atomic mass is 19.1. The first-order valence-electron chi connectivity index (χ1n) is 11.0. The Morgan fingerprint density at radius 1 is 1.30 bits per heavy atom. The van der Waals surface area contributed by atoms with Gasteiger partial charge in [0.2, 0.25) is 5.88 Å². The van der Waals surface area contributed by atoms with Gasteiger partial charge in [0, 0.05) is 11.6 Å². The first kappa shape index (κ1) is 22.6. The van der Waals surface area contributed by atoms with E-state index in [1.54, 1.807) is 13.1 Å². The number of hydrogen-bond acceptors (Lipinski definition) is 6. The summed E-state index contributed by atoms with van der Waals surface area (Å²) >= 11 is 0. The van der Waals surface area contributed by atoms with Gasteiger partial charge in [0.15, 0.2) is 5.82 Å². The van der Waals surface area contributed by atoms with Crippen LogP contribution in [0.2, 0.25) is 0 Å². The number of carboxylic acid groups (broad SMARTS) is 1. The number of aromatic nitrogens is 3. The van der Waals surface area contributed by atoms with Crippen LogP contribution in [0.15, 0.2) is 36.7 Å². The van der Waals surface area contributed by atoms with E-state index in [0.29, 0.717) is 36.0 Å². The van der Waals surface area contributed by atoms with Crippen molar-refractivity contribution in [3.8, 4) is 22.9 Å². The molecule has 3 aromatic rings. The van der Waals surface area contributed by atoms with Gasteiger partial charge in [-0.3, -0.25) is 9.78 Å². The quantitative estimate of drug-likeness (QED) is 0.556. The standard InChI is InChI=1S/C25H26FN3O4/c1-4-32-23-11-18(19(26)12-27-23)20-13-28-24(15(3)29-20)21-8-7-17-6-5-16(10-22(17)33-21)9-14(2)25(30)31/h5-6,10-14,21H,4,7-9H2,1-3H3,(H,30,31). The van der Waals surface area contributed by atoms with Gasteiger partial charge >= 0.3 is 5.97 Å². The summed E-state index contributed by atoms with van der Waals surface area (Å²) in [5, 5.41) is 9.19. The van der Waals surface area contributed by atoms with Crippen molar-refractivity contribution in [2.24, 2.45) is 5.92 Å². The van der Waals surface area contributed by atoms with E-state index in [1.807, 2.05) is 32.0 Å². The smallest absolute Gasteiger partial charge is 0.306 e. The van der Waals surface area contributed by atoms with E-state index in [4.69, 9.17) is 9.47 Å². The molecule has 3 heterocycles. The van der Waals surface area contributed by atoms with E-state index < -0.39 is 17.7 Å². The predicted molar refractivity (Wildman–Crippen MR) is 120 cm³/mol. The van der Waals surface area contributed by atoms with Crippen LogP contribution in [0.1, 0.15) is 48.9 Å². The van der Waals surface area contributed by atoms with E-state index in [0.717, 1.165) is 35.9 Å². The SMILES string of the molecule is CCOc1cc(-c2cnc(C3CCc4ccc(CC(C)C(=O)O)cc4O3)c(C)n2)c(F)cn1. The molecule has 0 amide bonds. The number of nitrogens with zero attached hydrogens (tertiary/aromatic N) is 3. The van der Waals surface area contributed by atoms with Gasteiger partial charge in [-0.2, -0.15) is 0 Å². The lowest BCUT2D eigenvalue weighted by molar-refractivity contribution is -0.141. The molecular weight excluding hydrogens is 425 g/mol. The Bertz CT molecular complexity index is 1180. The normalized spacial score (nSPS) is 15.9. The first-order valence-corrected chi connectivity index (χ1v) is 11.0. The van der Waals surface area contributed by atoms with Gasteiger partial charge in [0.25, 0.3) is 0 Å². The zero-order valence-electron chi connectivity index (χ0n) is 18.8. The number of benzene rings is 1. The van der Waals surface area contributed by atoms with Gasteiger partial charge in [0.1, 0.15) is 17.5 Å². The Balaban J connectivity index is 1.57. The van der Waals surface area contributed by atoms with Crippen molar-refractivity contribution in [2.45, 2.75) is 46.1 Å². The highest BCUT2D eigenvalue weighted by Crippen LogP contribution is 2.36. The van der Waals surface area contributed by atoms with Crippen molar-refractivity contribution in [3.05, 3.63) is 65.0 Å². The van der Waals surface area contributed by atoms with Gasteiger partial charge in [-0.25, -0.2) is 14.4 Å². The van der Waals surface area contributed by atoms with Crippen LogP contribution in [0.5, 0.6) is 11.6 Å². The van der Waals surface area contributed by atoms with Crippen molar-refractivity contribution in [3.63, 3.8) is 0 Å². The van der Waals surface area contributed by atoms with Crippen molar-refractivity contribution >= 4 is 5.97 Å². The van der Waals surface area contributed by atoms with Crippen LogP contribution >= 0.6 is 0 Å². The van der Waals surface area contributed by atoms with Crippen molar-refractivity contribution in [1.82, 2.24) is 15.0 Å². The maximum atomic E-state index is 14.4. The number of halogens is 1. The molecular formula is C25H26FN3O4. The lowest BCUT2D eigenvalue weighted by Crippen LogP contribution is -2.19. The number of ether oxygens (including phenoxy) is 2. The summed E-state index contributed by atoms with van der Waals surface area (Å²) in [6.45, 7) is 5.79. The molecule has 0 spiro atoms. The van der Waals surface area contributed by atoms with E-state index in [-0.39, 0.29) is 11.7 Å². The molecule has 4 rings (SSSR count). The molecule has 0 bridgehead atoms. The largest absolute Gasteiger partial charge is 0.484 e. The highest BCUT2D eigenvalue weighted by molar-refractivity contribution is 5.70. The topological polar surface area (TPSA) is 94.4 Å². The Kier molecular flexibility index (Phi) is 6.53. The van der Waals surface area contributed by atoms with E-state index in [9.17, 15) is 14.3 Å². The minimum absolute atomic E-state index is 0.280. The van der Waals surface area contributed by atoms with E-state index in [1.165, 1.54) is 6.07 Å². The minimum Gasteiger partial charge on any atom is -0.484 e. The fourth-order valence-electron chi connectivity index (χ4n) is 3.95. The summed E-state index contributed by atoms with van der Waals surface area (Å²) in [6, 6.07) is 7.40. The maximum absolute atomic E-state index is 14.4. The van der Waals surface area contributed by atoms with Crippen LogP contribution in [0.25, 0.3) is 11.3 Å². The molecule has 2 aromatic heterocycles. The second-order valence-electron chi connectivity index (χ2n) is 8.19. The van der Waals surface area contributed by atoms with Crippen molar-refractivity contribution < 1.29 is 23.8 Å². The first-order chi connectivity index (χ1) is 15.9. The summed E-state index contributed by atoms with van der Waals surface area (Å²) in [6.07, 6.45) is 4.37. The summed E-state index contributed by atoms with van der Waals surface area (Å²) in [5.41, 5.74) is 4.04. The van der Waals surface area contributed by atoms with Crippen LogP contribution in [0.4, 0.5) is 4.39 Å². The number of carbonyl (C=O) groups is 1. The summed E-state index contributed by atoms with van der Waals surface area (Å²) in [7, 11) is 0. The molecule has 7 nitrogen and oxygen atoms in total.